The van der Waals surface area contributed by atoms with Crippen LogP contribution in [-0.2, 0) is 10.3 Å². The van der Waals surface area contributed by atoms with Crippen LogP contribution in [0.2, 0.25) is 5.15 Å². The van der Waals surface area contributed by atoms with Crippen molar-refractivity contribution in [3.63, 3.8) is 0 Å². The Morgan fingerprint density at radius 2 is 1.89 bits per heavy atom. The first kappa shape index (κ1) is 14.2. The summed E-state index contributed by atoms with van der Waals surface area (Å²) in [7, 11) is 1.74. The quantitative estimate of drug-likeness (QED) is 0.767. The average Bonchev–Trinajstić information content (AvgIpc) is 2.82. The molecule has 18 heavy (non-hydrogen) atoms. The molecule has 1 saturated carbocycles. The third kappa shape index (κ3) is 2.43. The number of rotatable bonds is 3. The summed E-state index contributed by atoms with van der Waals surface area (Å²) in [6.07, 6.45) is 4.25. The van der Waals surface area contributed by atoms with Crippen LogP contribution in [0.1, 0.15) is 57.0 Å². The predicted molar refractivity (Wildman–Crippen MR) is 76.0 cm³/mol. The summed E-state index contributed by atoms with van der Waals surface area (Å²) in [4.78, 5) is 9.11. The van der Waals surface area contributed by atoms with Gasteiger partial charge in [-0.25, -0.2) is 9.97 Å². The molecular weight excluding hydrogens is 316 g/mol. The lowest BCUT2D eigenvalue weighted by atomic mass is 10.0. The van der Waals surface area contributed by atoms with Gasteiger partial charge >= 0.3 is 0 Å². The summed E-state index contributed by atoms with van der Waals surface area (Å²) < 4.78 is 6.51. The van der Waals surface area contributed by atoms with E-state index in [1.807, 2.05) is 0 Å². The second-order valence-corrected chi connectivity index (χ2v) is 6.25. The summed E-state index contributed by atoms with van der Waals surface area (Å²) in [6, 6.07) is 0. The fourth-order valence-corrected chi connectivity index (χ4v) is 3.30. The Bertz CT molecular complexity index is 445. The normalized spacial score (nSPS) is 18.6. The highest BCUT2D eigenvalue weighted by Gasteiger charge is 2.39. The molecule has 0 amide bonds. The second kappa shape index (κ2) is 5.43. The first-order valence-corrected chi connectivity index (χ1v) is 7.46. The van der Waals surface area contributed by atoms with Gasteiger partial charge in [-0.3, -0.25) is 0 Å². The lowest BCUT2D eigenvalue weighted by Crippen LogP contribution is -2.28. The summed E-state index contributed by atoms with van der Waals surface area (Å²) in [5, 5.41) is 0.479. The van der Waals surface area contributed by atoms with Gasteiger partial charge in [-0.15, -0.1) is 0 Å². The first-order chi connectivity index (χ1) is 8.50. The Labute approximate surface area is 121 Å². The second-order valence-electron chi connectivity index (χ2n) is 5.10. The van der Waals surface area contributed by atoms with Crippen LogP contribution >= 0.6 is 27.5 Å². The molecule has 1 aliphatic carbocycles. The Morgan fingerprint density at radius 3 is 2.39 bits per heavy atom. The monoisotopic (exact) mass is 332 g/mol. The van der Waals surface area contributed by atoms with Crippen molar-refractivity contribution in [1.82, 2.24) is 9.97 Å². The number of hydrogen-bond acceptors (Lipinski definition) is 3. The highest BCUT2D eigenvalue weighted by atomic mass is 79.9. The van der Waals surface area contributed by atoms with E-state index in [1.54, 1.807) is 7.11 Å². The molecule has 0 bridgehead atoms. The third-order valence-corrected chi connectivity index (χ3v) is 4.88. The van der Waals surface area contributed by atoms with Crippen LogP contribution in [0.3, 0.4) is 0 Å². The number of aromatic nitrogens is 2. The van der Waals surface area contributed by atoms with E-state index in [0.29, 0.717) is 11.1 Å². The van der Waals surface area contributed by atoms with Crippen LogP contribution in [0.15, 0.2) is 4.47 Å². The van der Waals surface area contributed by atoms with Gasteiger partial charge in [-0.1, -0.05) is 25.4 Å². The van der Waals surface area contributed by atoms with Crippen molar-refractivity contribution < 1.29 is 4.74 Å². The molecule has 1 fully saturated rings. The van der Waals surface area contributed by atoms with Crippen molar-refractivity contribution in [2.24, 2.45) is 0 Å². The SMILES string of the molecule is COC1(c2nc(Cl)c(Br)c(C(C)C)n2)CCCC1. The van der Waals surface area contributed by atoms with Gasteiger partial charge in [0.05, 0.1) is 10.2 Å². The molecule has 1 heterocycles. The molecule has 1 aromatic rings. The van der Waals surface area contributed by atoms with Gasteiger partial charge in [-0.05, 0) is 47.5 Å². The van der Waals surface area contributed by atoms with Gasteiger partial charge in [-0.2, -0.15) is 0 Å². The summed E-state index contributed by atoms with van der Waals surface area (Å²) in [5.41, 5.74) is 0.613. The van der Waals surface area contributed by atoms with E-state index in [-0.39, 0.29) is 5.60 Å². The maximum Gasteiger partial charge on any atom is 0.162 e. The van der Waals surface area contributed by atoms with Gasteiger partial charge in [0.1, 0.15) is 10.8 Å². The lowest BCUT2D eigenvalue weighted by molar-refractivity contribution is -0.0165. The van der Waals surface area contributed by atoms with Crippen LogP contribution in [-0.4, -0.2) is 17.1 Å². The Kier molecular flexibility index (Phi) is 4.29. The van der Waals surface area contributed by atoms with Crippen molar-refractivity contribution in [2.75, 3.05) is 7.11 Å². The van der Waals surface area contributed by atoms with E-state index in [9.17, 15) is 0 Å². The van der Waals surface area contributed by atoms with E-state index >= 15 is 0 Å². The zero-order valence-corrected chi connectivity index (χ0v) is 13.3. The molecule has 0 atom stereocenters. The number of halogens is 2. The smallest absolute Gasteiger partial charge is 0.162 e. The van der Waals surface area contributed by atoms with E-state index in [0.717, 1.165) is 41.7 Å². The van der Waals surface area contributed by atoms with Crippen molar-refractivity contribution in [3.8, 4) is 0 Å². The maximum atomic E-state index is 6.21. The number of nitrogens with zero attached hydrogens (tertiary/aromatic N) is 2. The molecular formula is C13H18BrClN2O. The number of hydrogen-bond donors (Lipinski definition) is 0. The summed E-state index contributed by atoms with van der Waals surface area (Å²) in [5.74, 6) is 1.04. The number of methoxy groups -OCH3 is 1. The molecule has 3 nitrogen and oxygen atoms in total. The van der Waals surface area contributed by atoms with Crippen molar-refractivity contribution in [1.29, 1.82) is 0 Å². The van der Waals surface area contributed by atoms with Gasteiger partial charge in [0.15, 0.2) is 5.82 Å². The summed E-state index contributed by atoms with van der Waals surface area (Å²) in [6.45, 7) is 4.20. The molecule has 5 heteroatoms. The largest absolute Gasteiger partial charge is 0.370 e. The molecule has 0 saturated heterocycles. The maximum absolute atomic E-state index is 6.21. The minimum absolute atomic E-state index is 0.300. The van der Waals surface area contributed by atoms with Crippen molar-refractivity contribution in [2.45, 2.75) is 51.0 Å². The van der Waals surface area contributed by atoms with Crippen LogP contribution in [0.5, 0.6) is 0 Å². The molecule has 100 valence electrons. The lowest BCUT2D eigenvalue weighted by Gasteiger charge is -2.26. The van der Waals surface area contributed by atoms with Crippen molar-refractivity contribution in [3.05, 3.63) is 21.1 Å². The first-order valence-electron chi connectivity index (χ1n) is 6.29. The molecule has 1 aromatic heterocycles. The van der Waals surface area contributed by atoms with Crippen LogP contribution in [0.4, 0.5) is 0 Å². The van der Waals surface area contributed by atoms with E-state index in [1.165, 1.54) is 0 Å². The molecule has 0 radical (unpaired) electrons. The van der Waals surface area contributed by atoms with Crippen molar-refractivity contribution >= 4 is 27.5 Å². The van der Waals surface area contributed by atoms with E-state index < -0.39 is 0 Å². The fourth-order valence-electron chi connectivity index (χ4n) is 2.49. The zero-order chi connectivity index (χ0) is 13.3. The minimum Gasteiger partial charge on any atom is -0.370 e. The summed E-state index contributed by atoms with van der Waals surface area (Å²) >= 11 is 9.67. The highest BCUT2D eigenvalue weighted by molar-refractivity contribution is 9.10. The molecule has 0 N–H and O–H groups in total. The Morgan fingerprint density at radius 1 is 1.28 bits per heavy atom. The predicted octanol–water partition coefficient (Wildman–Crippen LogP) is 4.43. The highest BCUT2D eigenvalue weighted by Crippen LogP contribution is 2.41. The Balaban J connectivity index is 2.51. The van der Waals surface area contributed by atoms with Gasteiger partial charge < -0.3 is 4.74 Å². The molecule has 1 aliphatic rings. The zero-order valence-electron chi connectivity index (χ0n) is 11.0. The van der Waals surface area contributed by atoms with Crippen LogP contribution in [0, 0.1) is 0 Å². The minimum atomic E-state index is -0.339. The molecule has 0 aromatic carbocycles. The Hall–Kier alpha value is -0.190. The molecule has 2 rings (SSSR count). The topological polar surface area (TPSA) is 35.0 Å². The van der Waals surface area contributed by atoms with Gasteiger partial charge in [0.25, 0.3) is 0 Å². The molecule has 0 unspecified atom stereocenters. The van der Waals surface area contributed by atoms with Crippen LogP contribution < -0.4 is 0 Å². The standard InChI is InChI=1S/C13H18BrClN2O/c1-8(2)10-9(14)11(15)17-12(16-10)13(18-3)6-4-5-7-13/h8H,4-7H2,1-3H3. The molecule has 0 aliphatic heterocycles. The number of ether oxygens (including phenoxy) is 1. The third-order valence-electron chi connectivity index (χ3n) is 3.59. The fraction of sp³-hybridized carbons (Fsp3) is 0.692. The molecule has 0 spiro atoms. The van der Waals surface area contributed by atoms with Crippen LogP contribution in [0.25, 0.3) is 0 Å². The van der Waals surface area contributed by atoms with Gasteiger partial charge in [0.2, 0.25) is 0 Å². The average molecular weight is 334 g/mol. The van der Waals surface area contributed by atoms with Gasteiger partial charge in [0, 0.05) is 7.11 Å². The van der Waals surface area contributed by atoms with E-state index in [2.05, 4.69) is 34.8 Å². The van der Waals surface area contributed by atoms with E-state index in [4.69, 9.17) is 21.3 Å².